The number of carboxylic acids is 1. The number of likely N-dealkylation sites (tertiary alicyclic amines) is 1. The lowest BCUT2D eigenvalue weighted by Crippen LogP contribution is -2.43. The molecule has 1 aliphatic heterocycles. The number of nitrogens with zero attached hydrogens (tertiary/aromatic N) is 1. The maximum atomic E-state index is 13.5. The van der Waals surface area contributed by atoms with Gasteiger partial charge in [0.2, 0.25) is 5.91 Å². The molecule has 0 unspecified atom stereocenters. The van der Waals surface area contributed by atoms with E-state index in [0.717, 1.165) is 11.6 Å². The number of carbonyl (C=O) groups excluding carboxylic acids is 5. The normalized spacial score (nSPS) is 13.4. The Morgan fingerprint density at radius 2 is 1.18 bits per heavy atom. The number of phenolic OH excluding ortho intramolecular Hbond substituents is 2. The van der Waals surface area contributed by atoms with E-state index >= 15 is 0 Å². The minimum absolute atomic E-state index is 0.0181. The van der Waals surface area contributed by atoms with Gasteiger partial charge in [0, 0.05) is 34.6 Å². The van der Waals surface area contributed by atoms with E-state index in [1.807, 2.05) is 0 Å². The molecule has 8 N–H and O–H groups in total. The van der Waals surface area contributed by atoms with Gasteiger partial charge in [-0.1, -0.05) is 12.1 Å². The van der Waals surface area contributed by atoms with Gasteiger partial charge in [-0.15, -0.1) is 0 Å². The highest BCUT2D eigenvalue weighted by Crippen LogP contribution is 2.40. The first-order valence-corrected chi connectivity index (χ1v) is 19.0. The van der Waals surface area contributed by atoms with Crippen molar-refractivity contribution in [2.24, 2.45) is 0 Å². The molecule has 6 rings (SSSR count). The Bertz CT molecular complexity index is 2590. The maximum absolute atomic E-state index is 13.5. The molecule has 5 amide bonds. The minimum atomic E-state index is -1.41. The van der Waals surface area contributed by atoms with Gasteiger partial charge >= 0.3 is 5.97 Å². The molecule has 0 aromatic heterocycles. The van der Waals surface area contributed by atoms with Crippen LogP contribution >= 0.6 is 0 Å². The van der Waals surface area contributed by atoms with Crippen molar-refractivity contribution in [2.75, 3.05) is 42.0 Å². The zero-order valence-electron chi connectivity index (χ0n) is 33.5. The van der Waals surface area contributed by atoms with Gasteiger partial charge < -0.3 is 56.1 Å². The van der Waals surface area contributed by atoms with Crippen LogP contribution in [-0.2, 0) is 9.59 Å². The fourth-order valence-corrected chi connectivity index (χ4v) is 6.68. The third kappa shape index (κ3) is 9.58. The van der Waals surface area contributed by atoms with Crippen molar-refractivity contribution in [3.63, 3.8) is 0 Å². The molecule has 1 aliphatic rings. The summed E-state index contributed by atoms with van der Waals surface area (Å²) in [6.45, 7) is 2.02. The minimum Gasteiger partial charge on any atom is -0.508 e. The number of carboxylic acid groups (broad SMARTS) is 1. The largest absolute Gasteiger partial charge is 0.508 e. The van der Waals surface area contributed by atoms with Crippen LogP contribution in [0.5, 0.6) is 28.7 Å². The van der Waals surface area contributed by atoms with Crippen molar-refractivity contribution >= 4 is 64.3 Å². The number of aromatic hydroxyl groups is 3. The SMILES string of the molecule is COc1c(NC(=O)c2ccc(NC(=O)c3ccc(NC(=O)[C@@H]4CCCN4C(=O)c4ccc(NC(=O)/C(C)=C/c5ccc(O)cc5)cc4)cc3)c(OC)c2O)ccc(C(=O)O)c1O. The van der Waals surface area contributed by atoms with Crippen LogP contribution in [0, 0.1) is 0 Å². The predicted molar refractivity (Wildman–Crippen MR) is 228 cm³/mol. The topological polar surface area (TPSA) is 253 Å². The number of aromatic carboxylic acids is 1. The monoisotopic (exact) mass is 843 g/mol. The summed E-state index contributed by atoms with van der Waals surface area (Å²) in [4.78, 5) is 78.9. The van der Waals surface area contributed by atoms with E-state index in [2.05, 4.69) is 21.3 Å². The Kier molecular flexibility index (Phi) is 13.1. The van der Waals surface area contributed by atoms with Crippen molar-refractivity contribution in [3.05, 3.63) is 130 Å². The molecule has 17 nitrogen and oxygen atoms in total. The van der Waals surface area contributed by atoms with Gasteiger partial charge in [0.05, 0.1) is 31.2 Å². The van der Waals surface area contributed by atoms with Gasteiger partial charge in [0.15, 0.2) is 23.0 Å². The molecule has 1 heterocycles. The van der Waals surface area contributed by atoms with E-state index in [9.17, 15) is 49.2 Å². The number of benzene rings is 5. The molecule has 62 heavy (non-hydrogen) atoms. The molecule has 0 saturated carbocycles. The molecule has 0 bridgehead atoms. The number of rotatable bonds is 13. The van der Waals surface area contributed by atoms with Crippen LogP contribution < -0.4 is 30.7 Å². The lowest BCUT2D eigenvalue weighted by molar-refractivity contribution is -0.119. The summed E-state index contributed by atoms with van der Waals surface area (Å²) in [6, 6.07) is 22.8. The molecule has 0 aliphatic carbocycles. The first-order valence-electron chi connectivity index (χ1n) is 19.0. The highest BCUT2D eigenvalue weighted by atomic mass is 16.5. The van der Waals surface area contributed by atoms with Crippen molar-refractivity contribution in [2.45, 2.75) is 25.8 Å². The average Bonchev–Trinajstić information content (AvgIpc) is 3.75. The lowest BCUT2D eigenvalue weighted by atomic mass is 10.1. The van der Waals surface area contributed by atoms with Gasteiger partial charge in [-0.3, -0.25) is 24.0 Å². The molecule has 5 aromatic carbocycles. The molecule has 1 saturated heterocycles. The number of methoxy groups -OCH3 is 2. The number of hydrogen-bond acceptors (Lipinski definition) is 11. The lowest BCUT2D eigenvalue weighted by Gasteiger charge is -2.24. The number of hydrogen-bond donors (Lipinski definition) is 8. The molecular weight excluding hydrogens is 803 g/mol. The molecule has 0 radical (unpaired) electrons. The van der Waals surface area contributed by atoms with Gasteiger partial charge in [0.1, 0.15) is 17.4 Å². The third-order valence-electron chi connectivity index (χ3n) is 9.90. The number of ether oxygens (including phenoxy) is 2. The first kappa shape index (κ1) is 43.2. The molecule has 1 atom stereocenters. The number of nitrogens with one attached hydrogen (secondary N) is 4. The van der Waals surface area contributed by atoms with Crippen LogP contribution in [0.2, 0.25) is 0 Å². The van der Waals surface area contributed by atoms with E-state index < -0.39 is 46.8 Å². The van der Waals surface area contributed by atoms with Gasteiger partial charge in [-0.2, -0.15) is 0 Å². The Morgan fingerprint density at radius 1 is 0.645 bits per heavy atom. The van der Waals surface area contributed by atoms with Crippen LogP contribution in [0.1, 0.15) is 66.8 Å². The average molecular weight is 844 g/mol. The molecule has 17 heteroatoms. The molecule has 0 spiro atoms. The van der Waals surface area contributed by atoms with Gasteiger partial charge in [-0.05, 0) is 116 Å². The second kappa shape index (κ2) is 18.7. The molecule has 318 valence electrons. The Morgan fingerprint density at radius 3 is 1.76 bits per heavy atom. The van der Waals surface area contributed by atoms with Crippen LogP contribution in [0.25, 0.3) is 6.08 Å². The summed E-state index contributed by atoms with van der Waals surface area (Å²) >= 11 is 0. The van der Waals surface area contributed by atoms with E-state index in [1.165, 1.54) is 73.7 Å². The summed E-state index contributed by atoms with van der Waals surface area (Å²) in [5.41, 5.74) is 1.74. The summed E-state index contributed by atoms with van der Waals surface area (Å²) < 4.78 is 10.4. The van der Waals surface area contributed by atoms with Crippen LogP contribution in [-0.4, -0.2) is 87.6 Å². The second-order valence-electron chi connectivity index (χ2n) is 14.0. The van der Waals surface area contributed by atoms with Crippen molar-refractivity contribution in [1.82, 2.24) is 4.90 Å². The zero-order valence-corrected chi connectivity index (χ0v) is 33.5. The van der Waals surface area contributed by atoms with E-state index in [0.29, 0.717) is 41.9 Å². The molecule has 1 fully saturated rings. The standard InChI is InChI=1S/C45H41N5O12/c1-24(23-25-6-16-30(51)17-7-25)40(54)46-28-14-10-27(11-15-28)44(58)50-22-4-5-35(50)43(57)47-29-12-8-26(9-13-29)41(55)48-33-20-18-31(36(52)38(33)61-2)42(56)49-34-21-19-32(45(59)60)37(53)39(34)62-3/h6-21,23,35,51-53H,4-5,22H2,1-3H3,(H,46,54)(H,47,57)(H,48,55)(H,49,56)(H,59,60)/b24-23+/t35-/m0/s1. The van der Waals surface area contributed by atoms with Crippen LogP contribution in [0.3, 0.4) is 0 Å². The maximum Gasteiger partial charge on any atom is 0.339 e. The summed E-state index contributed by atoms with van der Waals surface area (Å²) in [5, 5.41) is 50.6. The van der Waals surface area contributed by atoms with E-state index in [-0.39, 0.29) is 51.6 Å². The summed E-state index contributed by atoms with van der Waals surface area (Å²) in [5.74, 6) is -5.77. The highest BCUT2D eigenvalue weighted by molar-refractivity contribution is 6.11. The number of amides is 5. The van der Waals surface area contributed by atoms with Crippen molar-refractivity contribution in [1.29, 1.82) is 0 Å². The van der Waals surface area contributed by atoms with Crippen LogP contribution in [0.4, 0.5) is 22.7 Å². The van der Waals surface area contributed by atoms with Gasteiger partial charge in [-0.25, -0.2) is 4.79 Å². The number of phenols is 3. The highest BCUT2D eigenvalue weighted by Gasteiger charge is 2.35. The van der Waals surface area contributed by atoms with E-state index in [4.69, 9.17) is 9.47 Å². The van der Waals surface area contributed by atoms with Crippen molar-refractivity contribution < 1.29 is 58.7 Å². The van der Waals surface area contributed by atoms with Gasteiger partial charge in [0.25, 0.3) is 23.6 Å². The Hall–Kier alpha value is -8.34. The van der Waals surface area contributed by atoms with E-state index in [1.54, 1.807) is 49.4 Å². The zero-order chi connectivity index (χ0) is 44.7. The second-order valence-corrected chi connectivity index (χ2v) is 14.0. The fourth-order valence-electron chi connectivity index (χ4n) is 6.68. The molecule has 5 aromatic rings. The smallest absolute Gasteiger partial charge is 0.339 e. The Balaban J connectivity index is 1.05. The third-order valence-corrected chi connectivity index (χ3v) is 9.90. The van der Waals surface area contributed by atoms with Crippen LogP contribution in [0.15, 0.2) is 103 Å². The summed E-state index contributed by atoms with van der Waals surface area (Å²) in [6.07, 6.45) is 2.72. The predicted octanol–water partition coefficient (Wildman–Crippen LogP) is 6.31. The first-order chi connectivity index (χ1) is 29.7. The quantitative estimate of drug-likeness (QED) is 0.0608. The number of anilines is 4. The number of carbonyl (C=O) groups is 6. The summed E-state index contributed by atoms with van der Waals surface area (Å²) in [7, 11) is 2.39. The molecular formula is C45H41N5O12. The van der Waals surface area contributed by atoms with Crippen molar-refractivity contribution in [3.8, 4) is 28.7 Å². The fraction of sp³-hybridized carbons (Fsp3) is 0.156. The Labute approximate surface area is 354 Å².